The minimum Gasteiger partial charge on any atom is -0.454 e. The lowest BCUT2D eigenvalue weighted by Gasteiger charge is -2.27. The first-order valence-corrected chi connectivity index (χ1v) is 6.93. The van der Waals surface area contributed by atoms with E-state index in [4.69, 9.17) is 9.47 Å². The summed E-state index contributed by atoms with van der Waals surface area (Å²) in [5.74, 6) is 2.33. The Hall–Kier alpha value is -1.22. The maximum atomic E-state index is 5.67. The minimum absolute atomic E-state index is 0.358. The molecule has 2 aliphatic heterocycles. The molecule has 3 nitrogen and oxygen atoms in total. The third-order valence-electron chi connectivity index (χ3n) is 3.87. The molecule has 1 atom stereocenters. The first kappa shape index (κ1) is 11.8. The van der Waals surface area contributed by atoms with Gasteiger partial charge in [-0.1, -0.05) is 26.3 Å². The van der Waals surface area contributed by atoms with Crippen molar-refractivity contribution >= 4 is 0 Å². The highest BCUT2D eigenvalue weighted by Crippen LogP contribution is 2.44. The van der Waals surface area contributed by atoms with E-state index < -0.39 is 0 Å². The summed E-state index contributed by atoms with van der Waals surface area (Å²) in [6.07, 6.45) is 3.82. The molecule has 0 amide bonds. The third-order valence-corrected chi connectivity index (χ3v) is 3.87. The lowest BCUT2D eigenvalue weighted by Crippen LogP contribution is -2.27. The summed E-state index contributed by atoms with van der Waals surface area (Å²) in [5, 5.41) is 3.63. The molecule has 0 bridgehead atoms. The van der Waals surface area contributed by atoms with Crippen molar-refractivity contribution in [2.24, 2.45) is 0 Å². The van der Waals surface area contributed by atoms with Crippen LogP contribution in [0.25, 0.3) is 0 Å². The average molecular weight is 247 g/mol. The number of rotatable bonds is 2. The van der Waals surface area contributed by atoms with Gasteiger partial charge >= 0.3 is 0 Å². The van der Waals surface area contributed by atoms with Gasteiger partial charge in [0.05, 0.1) is 0 Å². The van der Waals surface area contributed by atoms with Crippen LogP contribution in [0, 0.1) is 0 Å². The largest absolute Gasteiger partial charge is 0.454 e. The molecule has 1 N–H and O–H groups in total. The average Bonchev–Trinajstić information content (AvgIpc) is 2.86. The zero-order valence-electron chi connectivity index (χ0n) is 11.2. The van der Waals surface area contributed by atoms with Crippen LogP contribution in [0.1, 0.15) is 56.2 Å². The Bertz CT molecular complexity index is 436. The standard InChI is InChI=1S/C15H21NO2/c1-10(2)14-11(12-5-3-4-8-16-12)6-7-13-15(14)18-9-17-13/h6-7,10,12,16H,3-5,8-9H2,1-2H3. The van der Waals surface area contributed by atoms with Crippen molar-refractivity contribution in [1.82, 2.24) is 5.32 Å². The van der Waals surface area contributed by atoms with Crippen LogP contribution in [0.5, 0.6) is 11.5 Å². The molecular weight excluding hydrogens is 226 g/mol. The molecule has 1 aromatic carbocycles. The van der Waals surface area contributed by atoms with E-state index in [0.717, 1.165) is 18.0 Å². The van der Waals surface area contributed by atoms with E-state index in [1.165, 1.54) is 30.4 Å². The Morgan fingerprint density at radius 2 is 2.11 bits per heavy atom. The normalized spacial score (nSPS) is 22.5. The predicted octanol–water partition coefficient (Wildman–Crippen LogP) is 3.35. The zero-order valence-corrected chi connectivity index (χ0v) is 11.2. The molecule has 3 rings (SSSR count). The molecule has 1 aromatic rings. The molecule has 1 fully saturated rings. The number of hydrogen-bond acceptors (Lipinski definition) is 3. The molecule has 0 saturated carbocycles. The van der Waals surface area contributed by atoms with Gasteiger partial charge in [-0.05, 0) is 36.9 Å². The smallest absolute Gasteiger partial charge is 0.231 e. The van der Waals surface area contributed by atoms with E-state index in [2.05, 4.69) is 31.3 Å². The van der Waals surface area contributed by atoms with Gasteiger partial charge in [0.2, 0.25) is 6.79 Å². The number of nitrogens with one attached hydrogen (secondary N) is 1. The second-order valence-electron chi connectivity index (χ2n) is 5.46. The van der Waals surface area contributed by atoms with Gasteiger partial charge in [0.15, 0.2) is 11.5 Å². The fourth-order valence-corrected chi connectivity index (χ4v) is 3.03. The summed E-state index contributed by atoms with van der Waals surface area (Å²) >= 11 is 0. The molecule has 0 aromatic heterocycles. The fraction of sp³-hybridized carbons (Fsp3) is 0.600. The Morgan fingerprint density at radius 3 is 2.83 bits per heavy atom. The topological polar surface area (TPSA) is 30.5 Å². The summed E-state index contributed by atoms with van der Waals surface area (Å²) in [5.41, 5.74) is 2.72. The van der Waals surface area contributed by atoms with Crippen LogP contribution in [0.3, 0.4) is 0 Å². The highest BCUT2D eigenvalue weighted by molar-refractivity contribution is 5.54. The van der Waals surface area contributed by atoms with Crippen molar-refractivity contribution in [3.05, 3.63) is 23.3 Å². The van der Waals surface area contributed by atoms with Crippen LogP contribution in [0.4, 0.5) is 0 Å². The van der Waals surface area contributed by atoms with E-state index >= 15 is 0 Å². The Balaban J connectivity index is 2.02. The summed E-state index contributed by atoms with van der Waals surface area (Å²) in [6, 6.07) is 4.75. The van der Waals surface area contributed by atoms with E-state index in [1.807, 2.05) is 0 Å². The molecule has 1 unspecified atom stereocenters. The first-order valence-electron chi connectivity index (χ1n) is 6.93. The van der Waals surface area contributed by atoms with Crippen molar-refractivity contribution in [2.75, 3.05) is 13.3 Å². The van der Waals surface area contributed by atoms with Crippen LogP contribution >= 0.6 is 0 Å². The van der Waals surface area contributed by atoms with Gasteiger partial charge in [0.1, 0.15) is 0 Å². The molecular formula is C15H21NO2. The first-order chi connectivity index (χ1) is 8.77. The van der Waals surface area contributed by atoms with Crippen LogP contribution in [0.2, 0.25) is 0 Å². The van der Waals surface area contributed by atoms with Crippen molar-refractivity contribution in [2.45, 2.75) is 45.1 Å². The van der Waals surface area contributed by atoms with Gasteiger partial charge in [-0.15, -0.1) is 0 Å². The molecule has 98 valence electrons. The Kier molecular flexibility index (Phi) is 3.16. The Labute approximate surface area is 108 Å². The summed E-state index contributed by atoms with van der Waals surface area (Å²) in [7, 11) is 0. The molecule has 0 spiro atoms. The molecule has 2 heterocycles. The van der Waals surface area contributed by atoms with Crippen LogP contribution < -0.4 is 14.8 Å². The van der Waals surface area contributed by atoms with E-state index in [-0.39, 0.29) is 0 Å². The van der Waals surface area contributed by atoms with E-state index in [1.54, 1.807) is 0 Å². The summed E-state index contributed by atoms with van der Waals surface area (Å²) in [4.78, 5) is 0. The van der Waals surface area contributed by atoms with Crippen LogP contribution in [-0.2, 0) is 0 Å². The quantitative estimate of drug-likeness (QED) is 0.869. The lowest BCUT2D eigenvalue weighted by molar-refractivity contribution is 0.173. The van der Waals surface area contributed by atoms with Crippen molar-refractivity contribution < 1.29 is 9.47 Å². The molecule has 3 heteroatoms. The van der Waals surface area contributed by atoms with Gasteiger partial charge in [0, 0.05) is 11.6 Å². The fourth-order valence-electron chi connectivity index (χ4n) is 3.03. The van der Waals surface area contributed by atoms with Gasteiger partial charge in [0.25, 0.3) is 0 Å². The number of piperidine rings is 1. The Morgan fingerprint density at radius 1 is 1.22 bits per heavy atom. The molecule has 1 saturated heterocycles. The highest BCUT2D eigenvalue weighted by atomic mass is 16.7. The SMILES string of the molecule is CC(C)c1c(C2CCCCN2)ccc2c1OCO2. The lowest BCUT2D eigenvalue weighted by atomic mass is 9.88. The van der Waals surface area contributed by atoms with Crippen LogP contribution in [-0.4, -0.2) is 13.3 Å². The molecule has 0 aliphatic carbocycles. The van der Waals surface area contributed by atoms with E-state index in [9.17, 15) is 0 Å². The van der Waals surface area contributed by atoms with E-state index in [0.29, 0.717) is 18.8 Å². The summed E-state index contributed by atoms with van der Waals surface area (Å²) in [6.45, 7) is 5.93. The third kappa shape index (κ3) is 1.97. The van der Waals surface area contributed by atoms with Gasteiger partial charge in [-0.2, -0.15) is 0 Å². The number of benzene rings is 1. The maximum Gasteiger partial charge on any atom is 0.231 e. The molecule has 18 heavy (non-hydrogen) atoms. The number of fused-ring (bicyclic) bond motifs is 1. The molecule has 2 aliphatic rings. The predicted molar refractivity (Wildman–Crippen MR) is 71.2 cm³/mol. The van der Waals surface area contributed by atoms with Crippen molar-refractivity contribution in [3.8, 4) is 11.5 Å². The number of hydrogen-bond donors (Lipinski definition) is 1. The van der Waals surface area contributed by atoms with Crippen molar-refractivity contribution in [1.29, 1.82) is 0 Å². The number of ether oxygens (including phenoxy) is 2. The monoisotopic (exact) mass is 247 g/mol. The maximum absolute atomic E-state index is 5.67. The summed E-state index contributed by atoms with van der Waals surface area (Å²) < 4.78 is 11.2. The highest BCUT2D eigenvalue weighted by Gasteiger charge is 2.26. The molecule has 0 radical (unpaired) electrons. The van der Waals surface area contributed by atoms with Gasteiger partial charge in [-0.3, -0.25) is 0 Å². The minimum atomic E-state index is 0.358. The van der Waals surface area contributed by atoms with Gasteiger partial charge in [-0.25, -0.2) is 0 Å². The second-order valence-corrected chi connectivity index (χ2v) is 5.46. The van der Waals surface area contributed by atoms with Gasteiger partial charge < -0.3 is 14.8 Å². The van der Waals surface area contributed by atoms with Crippen LogP contribution in [0.15, 0.2) is 12.1 Å². The van der Waals surface area contributed by atoms with Crippen molar-refractivity contribution in [3.63, 3.8) is 0 Å². The second kappa shape index (κ2) is 4.81. The zero-order chi connectivity index (χ0) is 12.5.